The molecule has 0 aromatic heterocycles. The molecule has 0 unspecified atom stereocenters. The maximum Gasteiger partial charge on any atom is 0.338 e. The minimum atomic E-state index is -1.28. The Hall–Kier alpha value is -2.36. The van der Waals surface area contributed by atoms with Gasteiger partial charge in [0, 0.05) is 5.56 Å². The number of rotatable bonds is 4. The zero-order valence-electron chi connectivity index (χ0n) is 10.4. The van der Waals surface area contributed by atoms with E-state index >= 15 is 0 Å². The van der Waals surface area contributed by atoms with Crippen LogP contribution in [0.1, 0.15) is 17.3 Å². The van der Waals surface area contributed by atoms with Crippen LogP contribution in [-0.4, -0.2) is 17.7 Å². The molecule has 98 valence electrons. The summed E-state index contributed by atoms with van der Waals surface area (Å²) in [6.07, 6.45) is 0. The SMILES string of the molecule is CCOc1ccccc1-c1ccc(F)c(C(=O)O)c1. The summed E-state index contributed by atoms with van der Waals surface area (Å²) >= 11 is 0. The van der Waals surface area contributed by atoms with E-state index in [9.17, 15) is 9.18 Å². The van der Waals surface area contributed by atoms with E-state index in [2.05, 4.69) is 0 Å². The van der Waals surface area contributed by atoms with Crippen molar-refractivity contribution in [3.05, 3.63) is 53.8 Å². The third-order valence-corrected chi connectivity index (χ3v) is 2.69. The molecular weight excluding hydrogens is 247 g/mol. The lowest BCUT2D eigenvalue weighted by Gasteiger charge is -2.10. The highest BCUT2D eigenvalue weighted by Gasteiger charge is 2.13. The Labute approximate surface area is 110 Å². The monoisotopic (exact) mass is 260 g/mol. The van der Waals surface area contributed by atoms with Crippen LogP contribution in [0.15, 0.2) is 42.5 Å². The summed E-state index contributed by atoms with van der Waals surface area (Å²) in [5, 5.41) is 8.94. The van der Waals surface area contributed by atoms with Gasteiger partial charge < -0.3 is 9.84 Å². The lowest BCUT2D eigenvalue weighted by molar-refractivity contribution is 0.0692. The molecule has 19 heavy (non-hydrogen) atoms. The largest absolute Gasteiger partial charge is 0.493 e. The zero-order chi connectivity index (χ0) is 13.8. The average Bonchev–Trinajstić information content (AvgIpc) is 2.40. The van der Waals surface area contributed by atoms with Crippen molar-refractivity contribution in [3.63, 3.8) is 0 Å². The summed E-state index contributed by atoms with van der Waals surface area (Å²) in [6.45, 7) is 2.37. The van der Waals surface area contributed by atoms with Gasteiger partial charge in [-0.1, -0.05) is 24.3 Å². The predicted molar refractivity (Wildman–Crippen MR) is 70.0 cm³/mol. The molecule has 0 atom stereocenters. The molecule has 0 bridgehead atoms. The third-order valence-electron chi connectivity index (χ3n) is 2.69. The molecule has 2 aromatic carbocycles. The molecule has 2 rings (SSSR count). The number of ether oxygens (including phenoxy) is 1. The number of carboxylic acid groups (broad SMARTS) is 1. The molecule has 0 saturated carbocycles. The third kappa shape index (κ3) is 2.73. The smallest absolute Gasteiger partial charge is 0.338 e. The molecule has 3 nitrogen and oxygen atoms in total. The van der Waals surface area contributed by atoms with E-state index in [1.165, 1.54) is 6.07 Å². The van der Waals surface area contributed by atoms with Gasteiger partial charge in [0.15, 0.2) is 0 Å². The van der Waals surface area contributed by atoms with E-state index in [-0.39, 0.29) is 5.56 Å². The van der Waals surface area contributed by atoms with Crippen LogP contribution in [0.5, 0.6) is 5.75 Å². The van der Waals surface area contributed by atoms with Crippen molar-refractivity contribution in [3.8, 4) is 16.9 Å². The van der Waals surface area contributed by atoms with Gasteiger partial charge in [0.1, 0.15) is 11.6 Å². The van der Waals surface area contributed by atoms with Crippen molar-refractivity contribution in [1.29, 1.82) is 0 Å². The van der Waals surface area contributed by atoms with Gasteiger partial charge in [-0.15, -0.1) is 0 Å². The van der Waals surface area contributed by atoms with Gasteiger partial charge in [0.2, 0.25) is 0 Å². The van der Waals surface area contributed by atoms with Crippen molar-refractivity contribution < 1.29 is 19.0 Å². The number of hydrogen-bond donors (Lipinski definition) is 1. The maximum absolute atomic E-state index is 13.4. The van der Waals surface area contributed by atoms with E-state index in [1.807, 2.05) is 25.1 Å². The van der Waals surface area contributed by atoms with Crippen LogP contribution in [-0.2, 0) is 0 Å². The zero-order valence-corrected chi connectivity index (χ0v) is 10.4. The number of benzene rings is 2. The fourth-order valence-electron chi connectivity index (χ4n) is 1.84. The van der Waals surface area contributed by atoms with Gasteiger partial charge in [-0.25, -0.2) is 9.18 Å². The first-order chi connectivity index (χ1) is 9.13. The highest BCUT2D eigenvalue weighted by Crippen LogP contribution is 2.30. The van der Waals surface area contributed by atoms with E-state index < -0.39 is 11.8 Å². The minimum Gasteiger partial charge on any atom is -0.493 e. The predicted octanol–water partition coefficient (Wildman–Crippen LogP) is 3.59. The number of hydrogen-bond acceptors (Lipinski definition) is 2. The van der Waals surface area contributed by atoms with Gasteiger partial charge >= 0.3 is 5.97 Å². The van der Waals surface area contributed by atoms with E-state index in [4.69, 9.17) is 9.84 Å². The summed E-state index contributed by atoms with van der Waals surface area (Å²) in [4.78, 5) is 10.9. The molecular formula is C15H13FO3. The number of aromatic carboxylic acids is 1. The quantitative estimate of drug-likeness (QED) is 0.913. The second-order valence-electron chi connectivity index (χ2n) is 3.93. The first kappa shape index (κ1) is 13.1. The molecule has 2 aromatic rings. The van der Waals surface area contributed by atoms with E-state index in [1.54, 1.807) is 12.1 Å². The Morgan fingerprint density at radius 1 is 1.26 bits per heavy atom. The highest BCUT2D eigenvalue weighted by molar-refractivity contribution is 5.90. The molecule has 0 radical (unpaired) electrons. The van der Waals surface area contributed by atoms with Gasteiger partial charge in [-0.05, 0) is 30.7 Å². The highest BCUT2D eigenvalue weighted by atomic mass is 19.1. The normalized spacial score (nSPS) is 10.2. The lowest BCUT2D eigenvalue weighted by Crippen LogP contribution is -2.01. The van der Waals surface area contributed by atoms with Crippen LogP contribution >= 0.6 is 0 Å². The molecule has 4 heteroatoms. The minimum absolute atomic E-state index is 0.344. The fraction of sp³-hybridized carbons (Fsp3) is 0.133. The van der Waals surface area contributed by atoms with Crippen molar-refractivity contribution in [1.82, 2.24) is 0 Å². The van der Waals surface area contributed by atoms with Crippen molar-refractivity contribution >= 4 is 5.97 Å². The molecule has 0 aliphatic carbocycles. The van der Waals surface area contributed by atoms with Gasteiger partial charge in [-0.3, -0.25) is 0 Å². The average molecular weight is 260 g/mol. The first-order valence-corrected chi connectivity index (χ1v) is 5.88. The summed E-state index contributed by atoms with van der Waals surface area (Å²) in [6, 6.07) is 11.3. The van der Waals surface area contributed by atoms with Crippen molar-refractivity contribution in [2.45, 2.75) is 6.92 Å². The summed E-state index contributed by atoms with van der Waals surface area (Å²) in [5.74, 6) is -1.38. The molecule has 0 spiro atoms. The van der Waals surface area contributed by atoms with Crippen LogP contribution in [0, 0.1) is 5.82 Å². The van der Waals surface area contributed by atoms with Crippen molar-refractivity contribution in [2.24, 2.45) is 0 Å². The van der Waals surface area contributed by atoms with Crippen molar-refractivity contribution in [2.75, 3.05) is 6.61 Å². The molecule has 0 saturated heterocycles. The molecule has 0 aliphatic heterocycles. The van der Waals surface area contributed by atoms with Crippen LogP contribution in [0.4, 0.5) is 4.39 Å². The standard InChI is InChI=1S/C15H13FO3/c1-2-19-14-6-4-3-5-11(14)10-7-8-13(16)12(9-10)15(17)18/h3-9H,2H2,1H3,(H,17,18). The summed E-state index contributed by atoms with van der Waals surface area (Å²) in [5.41, 5.74) is 1.01. The molecule has 1 N–H and O–H groups in total. The number of carboxylic acids is 1. The Bertz CT molecular complexity index is 608. The first-order valence-electron chi connectivity index (χ1n) is 5.88. The van der Waals surface area contributed by atoms with Gasteiger partial charge in [-0.2, -0.15) is 0 Å². The Morgan fingerprint density at radius 2 is 2.00 bits per heavy atom. The van der Waals surface area contributed by atoms with Gasteiger partial charge in [0.25, 0.3) is 0 Å². The topological polar surface area (TPSA) is 46.5 Å². The molecule has 0 aliphatic rings. The number of para-hydroxylation sites is 1. The van der Waals surface area contributed by atoms with Gasteiger partial charge in [0.05, 0.1) is 12.2 Å². The molecule has 0 fully saturated rings. The Morgan fingerprint density at radius 3 is 2.68 bits per heavy atom. The second-order valence-corrected chi connectivity index (χ2v) is 3.93. The van der Waals surface area contributed by atoms with E-state index in [0.29, 0.717) is 17.9 Å². The van der Waals surface area contributed by atoms with Crippen LogP contribution in [0.3, 0.4) is 0 Å². The van der Waals surface area contributed by atoms with Crippen LogP contribution in [0.25, 0.3) is 11.1 Å². The van der Waals surface area contributed by atoms with Crippen LogP contribution in [0.2, 0.25) is 0 Å². The fourth-order valence-corrected chi connectivity index (χ4v) is 1.84. The van der Waals surface area contributed by atoms with E-state index in [0.717, 1.165) is 11.6 Å². The number of carbonyl (C=O) groups is 1. The summed E-state index contributed by atoms with van der Waals surface area (Å²) < 4.78 is 18.9. The summed E-state index contributed by atoms with van der Waals surface area (Å²) in [7, 11) is 0. The lowest BCUT2D eigenvalue weighted by atomic mass is 10.0. The van der Waals surface area contributed by atoms with Crippen LogP contribution < -0.4 is 4.74 Å². The molecule has 0 amide bonds. The maximum atomic E-state index is 13.4. The number of halogens is 1. The Balaban J connectivity index is 2.53. The Kier molecular flexibility index (Phi) is 3.80. The molecule has 0 heterocycles. The second kappa shape index (κ2) is 5.52.